The van der Waals surface area contributed by atoms with Gasteiger partial charge in [-0.05, 0) is 201 Å². The van der Waals surface area contributed by atoms with Crippen LogP contribution < -0.4 is 18.9 Å². The SMILES string of the molecule is CC(C)(I)C(=O)OCOc1cccc([S+](c2ccccc2)c2ccccc2)c1.CC(C)C(OC(=O)C(C)(C)I)Oc1cccc([S+](c2ccccc2)c2ccccc2)c1.CC(OC(=O)C(C)(C)I)Oc1cccc([S+](c2ccccc2)c2ccccc2)c1.CCC(OC(=O)C(C)(C)I)Oc1cccc([S+](c2ccccc2)c2ccccc2)c1. The fourth-order valence-corrected chi connectivity index (χ4v) is 19.9. The van der Waals surface area contributed by atoms with E-state index in [4.69, 9.17) is 37.9 Å². The standard InChI is InChI=1S/C26H28IO3S.C25H26IO3S.C24H24IO3S.C23H22IO3S/c1-19(2)24(30-25(28)26(3,4)27)29-20-12-11-17-23(18-20)31(21-13-7-5-8-14-21)22-15-9-6-10-16-22;1-4-23(29-24(27)25(2,3)26)28-19-12-11-17-22(18-19)30(20-13-7-5-8-14-20)21-15-9-6-10-16-21;1-18(28-23(26)24(2,3)25)27-19-11-10-16-22(17-19)29(20-12-6-4-7-13-20)21-14-8-5-9-15-21;1-23(2,24)22(25)27-17-26-18-10-9-15-21(16-18)28(19-11-5-3-6-12-19)20-13-7-4-8-14-20/h5-19,24H,1-4H3;5-18,23H,4H2,1-3H3;4-18H,1-3H3;3-16H,17H2,1-2H3/q4*+1. The summed E-state index contributed by atoms with van der Waals surface area (Å²) < 4.78 is 43.3. The van der Waals surface area contributed by atoms with Crippen LogP contribution in [0, 0.1) is 5.92 Å². The highest BCUT2D eigenvalue weighted by Gasteiger charge is 2.37. The third-order valence-electron chi connectivity index (χ3n) is 16.8. The normalized spacial score (nSPS) is 12.2. The van der Waals surface area contributed by atoms with Gasteiger partial charge in [0.05, 0.1) is 43.6 Å². The van der Waals surface area contributed by atoms with E-state index >= 15 is 0 Å². The Hall–Kier alpha value is -7.96. The molecule has 0 heterocycles. The van der Waals surface area contributed by atoms with Crippen LogP contribution in [0.2, 0.25) is 0 Å². The van der Waals surface area contributed by atoms with Gasteiger partial charge in [0.1, 0.15) is 36.7 Å². The highest BCUT2D eigenvalue weighted by Crippen LogP contribution is 2.39. The molecule has 0 aliphatic carbocycles. The van der Waals surface area contributed by atoms with E-state index in [1.807, 2.05) is 185 Å². The number of benzene rings is 12. The van der Waals surface area contributed by atoms with Gasteiger partial charge in [0, 0.05) is 43.5 Å². The largest absolute Gasteiger partial charge is 0.457 e. The molecule has 20 heteroatoms. The average molecular weight is 2110 g/mol. The van der Waals surface area contributed by atoms with Crippen molar-refractivity contribution < 1.29 is 57.1 Å². The van der Waals surface area contributed by atoms with E-state index in [-0.39, 0.29) is 80.2 Å². The van der Waals surface area contributed by atoms with E-state index in [9.17, 15) is 19.2 Å². The van der Waals surface area contributed by atoms with Crippen molar-refractivity contribution in [1.29, 1.82) is 0 Å². The second-order valence-corrected chi connectivity index (χ2v) is 47.7. The highest BCUT2D eigenvalue weighted by atomic mass is 127. The van der Waals surface area contributed by atoms with Crippen LogP contribution in [0.1, 0.15) is 89.5 Å². The van der Waals surface area contributed by atoms with Gasteiger partial charge in [-0.25, -0.2) is 0 Å². The van der Waals surface area contributed by atoms with Crippen LogP contribution in [0.4, 0.5) is 0 Å². The molecule has 0 aliphatic rings. The number of carbonyl (C=O) groups excluding carboxylic acids is 4. The number of hydrogen-bond acceptors (Lipinski definition) is 12. The summed E-state index contributed by atoms with van der Waals surface area (Å²) >= 11 is 8.29. The van der Waals surface area contributed by atoms with Crippen LogP contribution in [0.5, 0.6) is 23.0 Å². The van der Waals surface area contributed by atoms with Crippen molar-refractivity contribution in [3.63, 3.8) is 0 Å². The van der Waals surface area contributed by atoms with E-state index in [0.29, 0.717) is 29.4 Å². The number of alkyl halides is 4. The molecule has 0 aromatic heterocycles. The van der Waals surface area contributed by atoms with Gasteiger partial charge in [-0.2, -0.15) is 0 Å². The van der Waals surface area contributed by atoms with Crippen molar-refractivity contribution in [2.75, 3.05) is 6.79 Å². The molecule has 3 atom stereocenters. The van der Waals surface area contributed by atoms with Gasteiger partial charge in [0.2, 0.25) is 25.7 Å². The van der Waals surface area contributed by atoms with Gasteiger partial charge in [-0.15, -0.1) is 0 Å². The van der Waals surface area contributed by atoms with E-state index < -0.39 is 32.6 Å². The summed E-state index contributed by atoms with van der Waals surface area (Å²) in [6, 6.07) is 116. The number of hydrogen-bond donors (Lipinski definition) is 0. The van der Waals surface area contributed by atoms with Crippen molar-refractivity contribution in [2.45, 2.75) is 181 Å². The van der Waals surface area contributed by atoms with Gasteiger partial charge in [-0.3, -0.25) is 19.2 Å². The summed E-state index contributed by atoms with van der Waals surface area (Å²) in [7, 11) is -1.02. The predicted molar refractivity (Wildman–Crippen MR) is 512 cm³/mol. The minimum atomic E-state index is -0.665. The number of rotatable bonds is 30. The Morgan fingerprint density at radius 3 is 0.797 bits per heavy atom. The molecule has 12 aromatic rings. The Morgan fingerprint density at radius 2 is 0.525 bits per heavy atom. The van der Waals surface area contributed by atoms with E-state index in [2.05, 4.69) is 321 Å². The number of ether oxygens (including phenoxy) is 8. The maximum Gasteiger partial charge on any atom is 0.324 e. The Balaban J connectivity index is 0.000000179. The monoisotopic (exact) mass is 2100 g/mol. The quantitative estimate of drug-likeness (QED) is 0.0106. The smallest absolute Gasteiger partial charge is 0.324 e. The molecular weight excluding hydrogens is 2000 g/mol. The lowest BCUT2D eigenvalue weighted by Crippen LogP contribution is -2.36. The van der Waals surface area contributed by atoms with Gasteiger partial charge in [0.15, 0.2) is 58.7 Å². The van der Waals surface area contributed by atoms with Crippen molar-refractivity contribution in [2.24, 2.45) is 5.92 Å². The molecule has 3 unspecified atom stereocenters. The zero-order valence-corrected chi connectivity index (χ0v) is 80.0. The van der Waals surface area contributed by atoms with Gasteiger partial charge >= 0.3 is 23.9 Å². The molecule has 0 saturated heterocycles. The minimum absolute atomic E-state index is 0.0212. The molecule has 0 spiro atoms. The predicted octanol–water partition coefficient (Wildman–Crippen LogP) is 25.7. The lowest BCUT2D eigenvalue weighted by Gasteiger charge is -2.25. The lowest BCUT2D eigenvalue weighted by molar-refractivity contribution is -0.171. The Morgan fingerprint density at radius 1 is 0.288 bits per heavy atom. The second kappa shape index (κ2) is 46.2. The molecule has 0 saturated carbocycles. The van der Waals surface area contributed by atoms with Gasteiger partial charge in [0.25, 0.3) is 0 Å². The fourth-order valence-electron chi connectivity index (χ4n) is 10.9. The third kappa shape index (κ3) is 29.7. The van der Waals surface area contributed by atoms with Crippen molar-refractivity contribution >= 4 is 158 Å². The molecule has 0 amide bonds. The molecule has 0 fully saturated rings. The number of carbonyl (C=O) groups is 4. The molecule has 0 N–H and O–H groups in total. The second-order valence-electron chi connectivity index (χ2n) is 28.8. The summed E-state index contributed by atoms with van der Waals surface area (Å²) in [4.78, 5) is 63.2. The Kier molecular flexibility index (Phi) is 36.7. The first-order valence-electron chi connectivity index (χ1n) is 38.4. The van der Waals surface area contributed by atoms with Crippen LogP contribution in [0.15, 0.2) is 398 Å². The topological polar surface area (TPSA) is 142 Å². The summed E-state index contributed by atoms with van der Waals surface area (Å²) in [5, 5.41) is 0. The first-order chi connectivity index (χ1) is 56.4. The van der Waals surface area contributed by atoms with Crippen LogP contribution >= 0.6 is 90.4 Å². The Bertz CT molecular complexity index is 4900. The molecule has 0 aliphatic heterocycles. The van der Waals surface area contributed by atoms with Crippen LogP contribution in [-0.2, 0) is 81.7 Å². The molecule has 12 nitrogen and oxygen atoms in total. The molecule has 118 heavy (non-hydrogen) atoms. The maximum absolute atomic E-state index is 12.4. The highest BCUT2D eigenvalue weighted by molar-refractivity contribution is 14.1. The molecule has 12 aromatic carbocycles. The van der Waals surface area contributed by atoms with E-state index in [1.54, 1.807) is 6.92 Å². The van der Waals surface area contributed by atoms with E-state index in [1.165, 1.54) is 39.2 Å². The zero-order valence-electron chi connectivity index (χ0n) is 68.1. The van der Waals surface area contributed by atoms with Crippen LogP contribution in [0.3, 0.4) is 0 Å². The van der Waals surface area contributed by atoms with Crippen molar-refractivity contribution in [1.82, 2.24) is 0 Å². The molecule has 612 valence electrons. The molecule has 12 rings (SSSR count). The number of esters is 4. The summed E-state index contributed by atoms with van der Waals surface area (Å²) in [5.74, 6) is 1.62. The lowest BCUT2D eigenvalue weighted by atomic mass is 10.2. The van der Waals surface area contributed by atoms with Crippen molar-refractivity contribution in [3.8, 4) is 23.0 Å². The first-order valence-corrected chi connectivity index (χ1v) is 47.6. The van der Waals surface area contributed by atoms with Gasteiger partial charge < -0.3 is 37.9 Å². The average Bonchev–Trinajstić information content (AvgIpc) is 0.822. The Labute approximate surface area is 763 Å². The minimum Gasteiger partial charge on any atom is -0.457 e. The summed E-state index contributed by atoms with van der Waals surface area (Å²) in [6.45, 7) is 22.1. The summed E-state index contributed by atoms with van der Waals surface area (Å²) in [6.07, 6.45) is -1.35. The third-order valence-corrected chi connectivity index (χ3v) is 27.4. The van der Waals surface area contributed by atoms with E-state index in [0.717, 1.165) is 19.6 Å². The number of halogens is 4. The zero-order chi connectivity index (χ0) is 84.8. The van der Waals surface area contributed by atoms with Crippen LogP contribution in [-0.4, -0.2) is 63.2 Å². The summed E-state index contributed by atoms with van der Waals surface area (Å²) in [5.41, 5.74) is 0. The van der Waals surface area contributed by atoms with Crippen LogP contribution in [0.25, 0.3) is 0 Å². The molecule has 0 radical (unpaired) electrons. The molecular formula is C98H100I4O12S4+4. The first kappa shape index (κ1) is 93.9. The fraction of sp³-hybridized carbons (Fsp3) is 0.224. The molecule has 0 bridgehead atoms. The van der Waals surface area contributed by atoms with Gasteiger partial charge in [-0.1, -0.05) is 281 Å². The maximum atomic E-state index is 12.4. The van der Waals surface area contributed by atoms with Crippen molar-refractivity contribution in [3.05, 3.63) is 340 Å².